The number of pyridine rings is 2. The first-order chi connectivity index (χ1) is 17.0. The van der Waals surface area contributed by atoms with E-state index < -0.39 is 11.4 Å². The Hall–Kier alpha value is -4.06. The average molecular weight is 494 g/mol. The van der Waals surface area contributed by atoms with Gasteiger partial charge in [-0.05, 0) is 37.6 Å². The average Bonchev–Trinajstić information content (AvgIpc) is 3.31. The Morgan fingerprint density at radius 1 is 1.00 bits per heavy atom. The van der Waals surface area contributed by atoms with E-state index in [1.807, 2.05) is 24.3 Å². The number of aliphatic hydroxyl groups is 3. The highest BCUT2D eigenvalue weighted by molar-refractivity contribution is 5.91. The number of fused-ring (bicyclic) bond motifs is 1. The van der Waals surface area contributed by atoms with Crippen LogP contribution in [0.3, 0.4) is 0 Å². The van der Waals surface area contributed by atoms with Crippen LogP contribution in [0.2, 0.25) is 0 Å². The van der Waals surface area contributed by atoms with Crippen LogP contribution < -0.4 is 14.8 Å². The zero-order valence-electron chi connectivity index (χ0n) is 20.2. The second-order valence-corrected chi connectivity index (χ2v) is 8.83. The van der Waals surface area contributed by atoms with Gasteiger partial charge in [0.05, 0.1) is 43.0 Å². The first-order valence-electron chi connectivity index (χ1n) is 11.0. The number of hydrogen-bond donors (Lipinski definition) is 5. The van der Waals surface area contributed by atoms with Gasteiger partial charge in [-0.1, -0.05) is 6.07 Å². The van der Waals surface area contributed by atoms with Crippen molar-refractivity contribution in [3.8, 4) is 22.8 Å². The Kier molecular flexibility index (Phi) is 6.63. The fraction of sp³-hybridized carbons (Fsp3) is 0.280. The maximum Gasteiger partial charge on any atom is 0.286 e. The highest BCUT2D eigenvalue weighted by Crippen LogP contribution is 2.33. The number of benzene rings is 1. The zero-order valence-corrected chi connectivity index (χ0v) is 20.2. The Bertz CT molecular complexity index is 1390. The number of rotatable bonds is 8. The van der Waals surface area contributed by atoms with E-state index in [-0.39, 0.29) is 23.8 Å². The molecule has 1 aromatic carbocycles. The molecule has 0 aliphatic rings. The first-order valence-corrected chi connectivity index (χ1v) is 11.0. The number of aromatic nitrogens is 4. The third-order valence-electron chi connectivity index (χ3n) is 6.00. The van der Waals surface area contributed by atoms with Gasteiger partial charge in [0.25, 0.3) is 5.97 Å². The van der Waals surface area contributed by atoms with Crippen molar-refractivity contribution in [2.24, 2.45) is 0 Å². The van der Waals surface area contributed by atoms with Crippen LogP contribution in [0.1, 0.15) is 25.1 Å². The summed E-state index contributed by atoms with van der Waals surface area (Å²) in [5.74, 6) is -1.84. The third-order valence-corrected chi connectivity index (χ3v) is 6.00. The van der Waals surface area contributed by atoms with Gasteiger partial charge in [-0.3, -0.25) is 19.9 Å². The standard InChI is InChI=1S/C25H27N5O6/c1-24(2,25(32,33)34)21-11-22(30-29-21)28-23(31)7-14-5-6-17(26-12-14)16-8-15-9-19(35-3)20(36-4)10-18(15)27-13-16/h5-6,8-13,32-34H,7H2,1-4H3,(H2,28,29,30,31). The molecule has 1 amide bonds. The van der Waals surface area contributed by atoms with Gasteiger partial charge in [-0.25, -0.2) is 0 Å². The van der Waals surface area contributed by atoms with Crippen LogP contribution in [0.25, 0.3) is 22.2 Å². The molecule has 11 nitrogen and oxygen atoms in total. The largest absolute Gasteiger partial charge is 0.493 e. The molecule has 0 radical (unpaired) electrons. The number of amides is 1. The Morgan fingerprint density at radius 3 is 2.36 bits per heavy atom. The maximum absolute atomic E-state index is 12.5. The molecule has 11 heteroatoms. The number of anilines is 1. The van der Waals surface area contributed by atoms with E-state index in [1.165, 1.54) is 19.9 Å². The van der Waals surface area contributed by atoms with Crippen molar-refractivity contribution in [3.05, 3.63) is 60.0 Å². The minimum atomic E-state index is -2.98. The van der Waals surface area contributed by atoms with E-state index in [1.54, 1.807) is 32.7 Å². The number of aromatic amines is 1. The van der Waals surface area contributed by atoms with E-state index in [9.17, 15) is 20.1 Å². The molecule has 0 atom stereocenters. The number of ether oxygens (including phenoxy) is 2. The molecule has 0 saturated carbocycles. The van der Waals surface area contributed by atoms with Gasteiger partial charge in [-0.15, -0.1) is 0 Å². The van der Waals surface area contributed by atoms with E-state index >= 15 is 0 Å². The highest BCUT2D eigenvalue weighted by atomic mass is 16.7. The summed E-state index contributed by atoms with van der Waals surface area (Å²) in [6, 6.07) is 10.7. The second kappa shape index (κ2) is 9.53. The topological polar surface area (TPSA) is 163 Å². The molecule has 188 valence electrons. The number of carbonyl (C=O) groups is 1. The third kappa shape index (κ3) is 4.98. The lowest BCUT2D eigenvalue weighted by Gasteiger charge is -2.31. The molecule has 0 fully saturated rings. The van der Waals surface area contributed by atoms with Gasteiger partial charge in [0, 0.05) is 35.5 Å². The summed E-state index contributed by atoms with van der Waals surface area (Å²) in [6.07, 6.45) is 3.40. The first kappa shape index (κ1) is 25.0. The van der Waals surface area contributed by atoms with Crippen LogP contribution in [0.5, 0.6) is 11.5 Å². The predicted octanol–water partition coefficient (Wildman–Crippen LogP) is 2.13. The summed E-state index contributed by atoms with van der Waals surface area (Å²) in [5, 5.41) is 38.7. The molecular formula is C25H27N5O6. The summed E-state index contributed by atoms with van der Waals surface area (Å²) >= 11 is 0. The number of hydrogen-bond acceptors (Lipinski definition) is 9. The smallest absolute Gasteiger partial charge is 0.286 e. The van der Waals surface area contributed by atoms with Crippen LogP contribution in [0.15, 0.2) is 48.8 Å². The van der Waals surface area contributed by atoms with Crippen molar-refractivity contribution in [2.75, 3.05) is 19.5 Å². The SMILES string of the molecule is COc1cc2cc(-c3ccc(CC(=O)Nc4cc(C(C)(C)C(O)(O)O)n[nH]4)cn3)cnc2cc1OC. The fourth-order valence-electron chi connectivity index (χ4n) is 3.55. The summed E-state index contributed by atoms with van der Waals surface area (Å²) in [7, 11) is 3.15. The molecule has 0 spiro atoms. The monoisotopic (exact) mass is 493 g/mol. The van der Waals surface area contributed by atoms with Crippen LogP contribution in [0.4, 0.5) is 5.82 Å². The quantitative estimate of drug-likeness (QED) is 0.231. The Balaban J connectivity index is 1.45. The molecular weight excluding hydrogens is 466 g/mol. The summed E-state index contributed by atoms with van der Waals surface area (Å²) < 4.78 is 10.7. The van der Waals surface area contributed by atoms with E-state index in [0.717, 1.165) is 16.5 Å². The Labute approximate surface area is 206 Å². The van der Waals surface area contributed by atoms with Gasteiger partial charge in [0.2, 0.25) is 5.91 Å². The molecule has 4 aromatic rings. The van der Waals surface area contributed by atoms with Gasteiger partial charge < -0.3 is 30.1 Å². The maximum atomic E-state index is 12.5. The van der Waals surface area contributed by atoms with E-state index in [0.29, 0.717) is 22.8 Å². The normalized spacial score (nSPS) is 12.0. The second-order valence-electron chi connectivity index (χ2n) is 8.83. The number of methoxy groups -OCH3 is 2. The van der Waals surface area contributed by atoms with Crippen molar-refractivity contribution in [3.63, 3.8) is 0 Å². The predicted molar refractivity (Wildman–Crippen MR) is 131 cm³/mol. The summed E-state index contributed by atoms with van der Waals surface area (Å²) in [5.41, 5.74) is 1.64. The van der Waals surface area contributed by atoms with E-state index in [4.69, 9.17) is 9.47 Å². The van der Waals surface area contributed by atoms with Crippen molar-refractivity contribution in [2.45, 2.75) is 31.7 Å². The van der Waals surface area contributed by atoms with Gasteiger partial charge in [0.1, 0.15) is 5.82 Å². The van der Waals surface area contributed by atoms with Crippen molar-refractivity contribution >= 4 is 22.6 Å². The van der Waals surface area contributed by atoms with Crippen LogP contribution in [0, 0.1) is 0 Å². The number of nitrogens with zero attached hydrogens (tertiary/aromatic N) is 3. The van der Waals surface area contributed by atoms with Crippen LogP contribution in [-0.4, -0.2) is 61.6 Å². The molecule has 3 heterocycles. The minimum absolute atomic E-state index is 0.0575. The van der Waals surface area contributed by atoms with E-state index in [2.05, 4.69) is 25.5 Å². The van der Waals surface area contributed by atoms with Crippen molar-refractivity contribution in [1.29, 1.82) is 0 Å². The number of nitrogens with one attached hydrogen (secondary N) is 2. The number of H-pyrrole nitrogens is 1. The molecule has 36 heavy (non-hydrogen) atoms. The zero-order chi connectivity index (χ0) is 26.1. The lowest BCUT2D eigenvalue weighted by molar-refractivity contribution is -0.346. The fourth-order valence-corrected chi connectivity index (χ4v) is 3.55. The number of carbonyl (C=O) groups excluding carboxylic acids is 1. The Morgan fingerprint density at radius 2 is 1.72 bits per heavy atom. The minimum Gasteiger partial charge on any atom is -0.493 e. The summed E-state index contributed by atoms with van der Waals surface area (Å²) in [6.45, 7) is 2.81. The molecule has 0 saturated heterocycles. The molecule has 3 aromatic heterocycles. The summed E-state index contributed by atoms with van der Waals surface area (Å²) in [4.78, 5) is 21.5. The van der Waals surface area contributed by atoms with Crippen molar-refractivity contribution < 1.29 is 29.6 Å². The van der Waals surface area contributed by atoms with Gasteiger partial charge >= 0.3 is 0 Å². The lowest BCUT2D eigenvalue weighted by Crippen LogP contribution is -2.47. The molecule has 4 rings (SSSR count). The van der Waals surface area contributed by atoms with Crippen LogP contribution >= 0.6 is 0 Å². The van der Waals surface area contributed by atoms with Gasteiger partial charge in [0.15, 0.2) is 11.5 Å². The lowest BCUT2D eigenvalue weighted by atomic mass is 9.86. The van der Waals surface area contributed by atoms with Gasteiger partial charge in [-0.2, -0.15) is 5.10 Å². The molecule has 0 aliphatic heterocycles. The molecule has 0 aliphatic carbocycles. The van der Waals surface area contributed by atoms with Crippen LogP contribution in [-0.2, 0) is 16.6 Å². The van der Waals surface area contributed by atoms with Crippen molar-refractivity contribution in [1.82, 2.24) is 20.2 Å². The molecule has 0 unspecified atom stereocenters. The molecule has 5 N–H and O–H groups in total. The molecule has 0 bridgehead atoms. The highest BCUT2D eigenvalue weighted by Gasteiger charge is 2.44.